The maximum absolute atomic E-state index is 14.3. The summed E-state index contributed by atoms with van der Waals surface area (Å²) in [4.78, 5) is 47.3. The number of carbonyl (C=O) groups is 3. The van der Waals surface area contributed by atoms with Crippen LogP contribution in [0, 0.1) is 17.8 Å². The summed E-state index contributed by atoms with van der Waals surface area (Å²) in [6, 6.07) is 11.8. The van der Waals surface area contributed by atoms with Crippen molar-refractivity contribution in [3.63, 3.8) is 0 Å². The predicted octanol–water partition coefficient (Wildman–Crippen LogP) is 6.17. The highest BCUT2D eigenvalue weighted by Gasteiger charge is 2.40. The molecule has 11 rings (SSSR count). The molecular weight excluding hydrogens is 839 g/mol. The average Bonchev–Trinajstić information content (AvgIpc) is 4.18. The first-order valence-corrected chi connectivity index (χ1v) is 22.6. The fourth-order valence-electron chi connectivity index (χ4n) is 10.5. The van der Waals surface area contributed by atoms with Crippen LogP contribution in [-0.4, -0.2) is 110 Å². The number of carbonyl (C=O) groups excluding carboxylic acids is 3. The second-order valence-electron chi connectivity index (χ2n) is 18.0. The Balaban J connectivity index is 0.647. The summed E-state index contributed by atoms with van der Waals surface area (Å²) >= 11 is 0. The van der Waals surface area contributed by atoms with Crippen molar-refractivity contribution in [2.45, 2.75) is 94.4 Å². The number of nitrogens with zero attached hydrogens (tertiary/aromatic N) is 8. The van der Waals surface area contributed by atoms with Crippen molar-refractivity contribution in [3.8, 4) is 11.8 Å². The van der Waals surface area contributed by atoms with E-state index < -0.39 is 23.9 Å². The van der Waals surface area contributed by atoms with Crippen LogP contribution in [0.3, 0.4) is 0 Å². The van der Waals surface area contributed by atoms with Crippen LogP contribution in [0.4, 0.5) is 20.3 Å². The van der Waals surface area contributed by atoms with Gasteiger partial charge in [0, 0.05) is 50.6 Å². The Bertz CT molecular complexity index is 2870. The Morgan fingerprint density at radius 3 is 2.68 bits per heavy atom. The average molecular weight is 887 g/mol. The zero-order valence-corrected chi connectivity index (χ0v) is 35.6. The molecule has 6 aromatic rings. The lowest BCUT2D eigenvalue weighted by molar-refractivity contribution is -0.134. The van der Waals surface area contributed by atoms with Gasteiger partial charge >= 0.3 is 0 Å². The van der Waals surface area contributed by atoms with E-state index in [9.17, 15) is 23.2 Å². The van der Waals surface area contributed by atoms with Crippen LogP contribution in [-0.2, 0) is 19.1 Å². The van der Waals surface area contributed by atoms with E-state index in [1.165, 1.54) is 10.7 Å². The molecule has 2 N–H and O–H groups in total. The lowest BCUT2D eigenvalue weighted by atomic mass is 9.85. The van der Waals surface area contributed by atoms with Crippen LogP contribution >= 0.6 is 0 Å². The van der Waals surface area contributed by atoms with Gasteiger partial charge in [0.25, 0.3) is 12.3 Å². The minimum Gasteiger partial charge on any atom is -0.374 e. The molecule has 2 bridgehead atoms. The molecule has 4 aromatic heterocycles. The van der Waals surface area contributed by atoms with Crippen LogP contribution in [0.25, 0.3) is 27.4 Å². The largest absolute Gasteiger partial charge is 0.374 e. The molecule has 4 aliphatic heterocycles. The van der Waals surface area contributed by atoms with Crippen molar-refractivity contribution in [3.05, 3.63) is 77.5 Å². The normalized spacial score (nSPS) is 24.0. The van der Waals surface area contributed by atoms with Gasteiger partial charge in [-0.05, 0) is 92.3 Å². The van der Waals surface area contributed by atoms with E-state index in [1.54, 1.807) is 17.1 Å². The fraction of sp³-hybridized carbons (Fsp3) is 0.468. The summed E-state index contributed by atoms with van der Waals surface area (Å²) < 4.78 is 49.2. The minimum absolute atomic E-state index is 0.000735. The maximum atomic E-state index is 14.3. The first-order valence-electron chi connectivity index (χ1n) is 22.6. The van der Waals surface area contributed by atoms with Crippen LogP contribution in [0.5, 0.6) is 0 Å². The van der Waals surface area contributed by atoms with E-state index in [0.29, 0.717) is 42.5 Å². The zero-order valence-electron chi connectivity index (χ0n) is 35.6. The number of nitrogens with one attached hydrogen (secondary N) is 2. The van der Waals surface area contributed by atoms with E-state index in [1.807, 2.05) is 36.4 Å². The van der Waals surface area contributed by atoms with Gasteiger partial charge in [-0.15, -0.1) is 0 Å². The summed E-state index contributed by atoms with van der Waals surface area (Å²) in [6.07, 6.45) is 9.20. The number of fused-ring (bicyclic) bond motifs is 6. The summed E-state index contributed by atoms with van der Waals surface area (Å²) in [5.41, 5.74) is 2.10. The number of rotatable bonds is 10. The van der Waals surface area contributed by atoms with E-state index in [2.05, 4.69) is 47.6 Å². The van der Waals surface area contributed by atoms with Crippen LogP contribution in [0.1, 0.15) is 103 Å². The maximum Gasteiger partial charge on any atom is 0.284 e. The minimum atomic E-state index is -2.86. The Hall–Kier alpha value is -6.29. The highest BCUT2D eigenvalue weighted by Crippen LogP contribution is 2.38. The van der Waals surface area contributed by atoms with Gasteiger partial charge in [0.1, 0.15) is 23.7 Å². The topological polar surface area (TPSA) is 174 Å². The number of aromatic nitrogens is 6. The van der Waals surface area contributed by atoms with Crippen molar-refractivity contribution >= 4 is 56.6 Å². The van der Waals surface area contributed by atoms with Crippen molar-refractivity contribution < 1.29 is 37.2 Å². The molecule has 8 heterocycles. The number of anilines is 2. The van der Waals surface area contributed by atoms with E-state index in [-0.39, 0.29) is 53.8 Å². The molecule has 3 atom stereocenters. The highest BCUT2D eigenvalue weighted by molar-refractivity contribution is 6.10. The van der Waals surface area contributed by atoms with Crippen molar-refractivity contribution in [1.82, 2.24) is 39.8 Å². The van der Waals surface area contributed by atoms with Crippen molar-refractivity contribution in [2.75, 3.05) is 49.6 Å². The van der Waals surface area contributed by atoms with Gasteiger partial charge in [0.15, 0.2) is 16.9 Å². The molecule has 65 heavy (non-hydrogen) atoms. The molecule has 4 saturated heterocycles. The Labute approximate surface area is 371 Å². The first kappa shape index (κ1) is 41.4. The van der Waals surface area contributed by atoms with E-state index in [4.69, 9.17) is 19.0 Å². The van der Waals surface area contributed by atoms with Gasteiger partial charge in [-0.1, -0.05) is 29.1 Å². The highest BCUT2D eigenvalue weighted by atomic mass is 19.3. The number of alkyl halides is 2. The molecule has 2 aromatic carbocycles. The lowest BCUT2D eigenvalue weighted by Gasteiger charge is -2.36. The second-order valence-corrected chi connectivity index (χ2v) is 18.0. The summed E-state index contributed by atoms with van der Waals surface area (Å²) in [6.45, 7) is 4.59. The molecule has 0 spiro atoms. The van der Waals surface area contributed by atoms with Crippen molar-refractivity contribution in [2.24, 2.45) is 5.92 Å². The van der Waals surface area contributed by atoms with Gasteiger partial charge in [0.05, 0.1) is 54.1 Å². The van der Waals surface area contributed by atoms with Gasteiger partial charge < -0.3 is 29.1 Å². The molecule has 1 aliphatic carbocycles. The number of halogens is 2. The smallest absolute Gasteiger partial charge is 0.284 e. The number of amides is 3. The fourth-order valence-corrected chi connectivity index (χ4v) is 10.5. The number of likely N-dealkylation sites (tertiary alicyclic amines) is 1. The predicted molar refractivity (Wildman–Crippen MR) is 234 cm³/mol. The third kappa shape index (κ3) is 8.21. The van der Waals surface area contributed by atoms with Crippen molar-refractivity contribution in [1.29, 1.82) is 0 Å². The molecule has 0 unspecified atom stereocenters. The number of morpholine rings is 1. The van der Waals surface area contributed by atoms with E-state index in [0.717, 1.165) is 98.7 Å². The molecule has 336 valence electrons. The summed E-state index contributed by atoms with van der Waals surface area (Å²) in [5, 5.41) is 20.6. The molecule has 18 heteroatoms. The van der Waals surface area contributed by atoms with Gasteiger partial charge in [-0.2, -0.15) is 10.2 Å². The molecule has 1 saturated carbocycles. The lowest BCUT2D eigenvalue weighted by Crippen LogP contribution is -2.40. The Morgan fingerprint density at radius 2 is 1.89 bits per heavy atom. The van der Waals surface area contributed by atoms with Crippen LogP contribution in [0.15, 0.2) is 59.5 Å². The summed E-state index contributed by atoms with van der Waals surface area (Å²) in [7, 11) is 0. The van der Waals surface area contributed by atoms with Gasteiger partial charge in [0.2, 0.25) is 11.8 Å². The van der Waals surface area contributed by atoms with Gasteiger partial charge in [-0.3, -0.25) is 24.4 Å². The van der Waals surface area contributed by atoms with Crippen LogP contribution in [0.2, 0.25) is 0 Å². The number of benzene rings is 2. The third-order valence-corrected chi connectivity index (χ3v) is 13.9. The molecular formula is C47H48F2N10O6. The number of ether oxygens (including phenoxy) is 2. The monoisotopic (exact) mass is 886 g/mol. The number of imide groups is 1. The van der Waals surface area contributed by atoms with Crippen LogP contribution < -0.4 is 15.5 Å². The first-order chi connectivity index (χ1) is 31.7. The SMILES string of the molecule is O=C1CC[C@H](c2noc3ccc4cc(C#CCOC5CCN(CC6CCC(n7cc(NC(=O)c8cnn9ccc(N%10C[C@H]%11C[C@@H]%10CO%11)nc89)c(C(F)F)n7)CC6)CC5)ccc4c23)C(=O)N1. The second kappa shape index (κ2) is 17.3. The van der Waals surface area contributed by atoms with Gasteiger partial charge in [-0.25, -0.2) is 18.3 Å². The third-order valence-electron chi connectivity index (χ3n) is 13.9. The number of hydrogen-bond donors (Lipinski definition) is 2. The summed E-state index contributed by atoms with van der Waals surface area (Å²) in [5.74, 6) is 5.92. The Morgan fingerprint density at radius 1 is 1.03 bits per heavy atom. The molecule has 16 nitrogen and oxygen atoms in total. The Kier molecular flexibility index (Phi) is 11.0. The molecule has 5 fully saturated rings. The standard InChI is InChI=1S/C47H48F2N10O6/c48-44(49)43-37(51-47(62)36-22-50-58-18-15-39(52-45(36)58)57-24-33-21-31(57)26-64-33)25-59(54-43)30-7-3-28(4-8-30)23-56-16-13-32(14-17-56)63-19-1-2-27-5-9-34-29(20-27)6-11-38-41(34)42(55-65-38)35-10-12-40(60)53-46(35)61/h5-6,9,11,15,18,20,22,25,28,30-33,35,44H,3-4,7-8,10,12-14,16-17,19,21,23-24,26H2,(H,51,62)(H,53,60,61)/t28?,30?,31-,33-,35-/m1/s1. The quantitative estimate of drug-likeness (QED) is 0.119. The molecule has 0 radical (unpaired) electrons. The zero-order chi connectivity index (χ0) is 44.2. The number of piperidine rings is 2. The van der Waals surface area contributed by atoms with E-state index >= 15 is 0 Å². The number of hydrogen-bond acceptors (Lipinski definition) is 12. The molecule has 3 amide bonds. The molecule has 5 aliphatic rings.